The lowest BCUT2D eigenvalue weighted by Crippen LogP contribution is -2.42. The molecule has 0 bridgehead atoms. The molecule has 1 aliphatic heterocycles. The number of benzene rings is 1. The zero-order valence-corrected chi connectivity index (χ0v) is 13.9. The molecular weight excluding hydrogens is 310 g/mol. The lowest BCUT2D eigenvalue weighted by molar-refractivity contribution is -0.141. The van der Waals surface area contributed by atoms with E-state index in [1.54, 1.807) is 18.2 Å². The molecular formula is C18H21NO5. The molecule has 2 aliphatic rings. The van der Waals surface area contributed by atoms with Gasteiger partial charge in [-0.15, -0.1) is 0 Å². The minimum Gasteiger partial charge on any atom is -0.502 e. The van der Waals surface area contributed by atoms with E-state index in [4.69, 9.17) is 9.47 Å². The van der Waals surface area contributed by atoms with Gasteiger partial charge in [-0.3, -0.25) is 14.5 Å². The quantitative estimate of drug-likeness (QED) is 0.859. The third-order valence-corrected chi connectivity index (χ3v) is 4.70. The fraction of sp³-hybridized carbons (Fsp3) is 0.444. The summed E-state index contributed by atoms with van der Waals surface area (Å²) in [6.45, 7) is 0. The molecule has 1 aromatic carbocycles. The van der Waals surface area contributed by atoms with Crippen LogP contribution in [0.25, 0.3) is 5.57 Å². The number of imide groups is 1. The average Bonchev–Trinajstić information content (AvgIpc) is 2.84. The Morgan fingerprint density at radius 1 is 1.00 bits per heavy atom. The van der Waals surface area contributed by atoms with Crippen LogP contribution in [0.4, 0.5) is 0 Å². The van der Waals surface area contributed by atoms with Crippen LogP contribution < -0.4 is 9.47 Å². The zero-order chi connectivity index (χ0) is 17.3. The largest absolute Gasteiger partial charge is 0.502 e. The molecule has 1 N–H and O–H groups in total. The van der Waals surface area contributed by atoms with Crippen LogP contribution in [0.1, 0.15) is 37.7 Å². The van der Waals surface area contributed by atoms with Crippen LogP contribution in [0, 0.1) is 0 Å². The summed E-state index contributed by atoms with van der Waals surface area (Å²) < 4.78 is 10.4. The van der Waals surface area contributed by atoms with Crippen LogP contribution in [-0.2, 0) is 9.59 Å². The summed E-state index contributed by atoms with van der Waals surface area (Å²) in [6.07, 6.45) is 4.70. The zero-order valence-electron chi connectivity index (χ0n) is 13.9. The Kier molecular flexibility index (Phi) is 4.46. The molecule has 0 aromatic heterocycles. The lowest BCUT2D eigenvalue weighted by Gasteiger charge is -2.29. The molecule has 0 saturated heterocycles. The van der Waals surface area contributed by atoms with Crippen molar-refractivity contribution in [3.8, 4) is 11.5 Å². The van der Waals surface area contributed by atoms with E-state index in [-0.39, 0.29) is 11.6 Å². The number of nitrogens with zero attached hydrogens (tertiary/aromatic N) is 1. The number of amides is 2. The number of carbonyl (C=O) groups is 2. The predicted molar refractivity (Wildman–Crippen MR) is 87.8 cm³/mol. The van der Waals surface area contributed by atoms with Crippen molar-refractivity contribution >= 4 is 17.4 Å². The van der Waals surface area contributed by atoms with Crippen LogP contribution in [0.15, 0.2) is 24.0 Å². The van der Waals surface area contributed by atoms with Crippen LogP contribution in [0.3, 0.4) is 0 Å². The van der Waals surface area contributed by atoms with Gasteiger partial charge in [-0.1, -0.05) is 25.3 Å². The smallest absolute Gasteiger partial charge is 0.296 e. The van der Waals surface area contributed by atoms with Crippen molar-refractivity contribution in [2.24, 2.45) is 0 Å². The van der Waals surface area contributed by atoms with E-state index >= 15 is 0 Å². The normalized spacial score (nSPS) is 19.2. The summed E-state index contributed by atoms with van der Waals surface area (Å²) >= 11 is 0. The molecule has 24 heavy (non-hydrogen) atoms. The van der Waals surface area contributed by atoms with E-state index in [0.717, 1.165) is 32.1 Å². The number of hydrogen-bond donors (Lipinski definition) is 1. The Labute approximate surface area is 140 Å². The SMILES string of the molecule is COc1ccc(C2=C(O)C(=O)N(C3CCCCC3)C2=O)cc1OC. The van der Waals surface area contributed by atoms with E-state index in [1.165, 1.54) is 19.1 Å². The van der Waals surface area contributed by atoms with Crippen LogP contribution >= 0.6 is 0 Å². The predicted octanol–water partition coefficient (Wildman–Crippen LogP) is 2.67. The van der Waals surface area contributed by atoms with Crippen molar-refractivity contribution in [2.45, 2.75) is 38.1 Å². The first-order valence-corrected chi connectivity index (χ1v) is 8.12. The van der Waals surface area contributed by atoms with Gasteiger partial charge < -0.3 is 14.6 Å². The fourth-order valence-electron chi connectivity index (χ4n) is 3.46. The number of aliphatic hydroxyl groups is 1. The van der Waals surface area contributed by atoms with E-state index in [2.05, 4.69) is 0 Å². The van der Waals surface area contributed by atoms with Gasteiger partial charge in [0.2, 0.25) is 0 Å². The number of carbonyl (C=O) groups excluding carboxylic acids is 2. The lowest BCUT2D eigenvalue weighted by atomic mass is 9.94. The number of rotatable bonds is 4. The molecule has 0 spiro atoms. The topological polar surface area (TPSA) is 76.1 Å². The maximum absolute atomic E-state index is 12.8. The molecule has 6 heteroatoms. The van der Waals surface area contributed by atoms with E-state index < -0.39 is 17.6 Å². The fourth-order valence-corrected chi connectivity index (χ4v) is 3.46. The Morgan fingerprint density at radius 3 is 2.29 bits per heavy atom. The second kappa shape index (κ2) is 6.55. The minimum atomic E-state index is -0.600. The highest BCUT2D eigenvalue weighted by atomic mass is 16.5. The molecule has 1 fully saturated rings. The summed E-state index contributed by atoms with van der Waals surface area (Å²) in [5.74, 6) is -0.569. The molecule has 1 aliphatic carbocycles. The van der Waals surface area contributed by atoms with Gasteiger partial charge in [0.25, 0.3) is 11.8 Å². The number of ether oxygens (including phenoxy) is 2. The molecule has 0 radical (unpaired) electrons. The highest BCUT2D eigenvalue weighted by molar-refractivity contribution is 6.35. The Bertz CT molecular complexity index is 703. The number of hydrogen-bond acceptors (Lipinski definition) is 5. The van der Waals surface area contributed by atoms with Crippen molar-refractivity contribution in [1.29, 1.82) is 0 Å². The molecule has 6 nitrogen and oxygen atoms in total. The highest BCUT2D eigenvalue weighted by Crippen LogP contribution is 2.36. The molecule has 1 aromatic rings. The molecule has 1 heterocycles. The van der Waals surface area contributed by atoms with E-state index in [9.17, 15) is 14.7 Å². The molecule has 0 atom stereocenters. The van der Waals surface area contributed by atoms with Gasteiger partial charge >= 0.3 is 0 Å². The van der Waals surface area contributed by atoms with Crippen molar-refractivity contribution in [1.82, 2.24) is 4.90 Å². The van der Waals surface area contributed by atoms with Gasteiger partial charge in [-0.05, 0) is 30.5 Å². The van der Waals surface area contributed by atoms with E-state index in [1.807, 2.05) is 0 Å². The van der Waals surface area contributed by atoms with E-state index in [0.29, 0.717) is 17.1 Å². The highest BCUT2D eigenvalue weighted by Gasteiger charge is 2.43. The van der Waals surface area contributed by atoms with Crippen LogP contribution in [-0.4, -0.2) is 42.1 Å². The second-order valence-electron chi connectivity index (χ2n) is 6.07. The Hall–Kier alpha value is -2.50. The molecule has 128 valence electrons. The number of methoxy groups -OCH3 is 2. The summed E-state index contributed by atoms with van der Waals surface area (Å²) in [5.41, 5.74) is 0.480. The first kappa shape index (κ1) is 16.4. The summed E-state index contributed by atoms with van der Waals surface area (Å²) in [6, 6.07) is 4.76. The molecule has 2 amide bonds. The Balaban J connectivity index is 1.95. The van der Waals surface area contributed by atoms with Crippen LogP contribution in [0.2, 0.25) is 0 Å². The van der Waals surface area contributed by atoms with Gasteiger partial charge in [0, 0.05) is 6.04 Å². The third kappa shape index (κ3) is 2.62. The monoisotopic (exact) mass is 331 g/mol. The summed E-state index contributed by atoms with van der Waals surface area (Å²) in [5, 5.41) is 10.3. The van der Waals surface area contributed by atoms with Crippen molar-refractivity contribution < 1.29 is 24.2 Å². The first-order valence-electron chi connectivity index (χ1n) is 8.12. The van der Waals surface area contributed by atoms with Gasteiger partial charge in [-0.25, -0.2) is 0 Å². The minimum absolute atomic E-state index is 0.0338. The first-order chi connectivity index (χ1) is 11.6. The molecule has 1 saturated carbocycles. The van der Waals surface area contributed by atoms with Gasteiger partial charge in [-0.2, -0.15) is 0 Å². The van der Waals surface area contributed by atoms with Crippen molar-refractivity contribution in [2.75, 3.05) is 14.2 Å². The standard InChI is InChI=1S/C18H21NO5/c1-23-13-9-8-11(10-14(13)24-2)15-16(20)18(22)19(17(15)21)12-6-4-3-5-7-12/h8-10,12,20H,3-7H2,1-2H3. The average molecular weight is 331 g/mol. The maximum atomic E-state index is 12.8. The number of aliphatic hydroxyl groups excluding tert-OH is 1. The van der Waals surface area contributed by atoms with Gasteiger partial charge in [0.15, 0.2) is 17.3 Å². The molecule has 0 unspecified atom stereocenters. The Morgan fingerprint density at radius 2 is 1.67 bits per heavy atom. The summed E-state index contributed by atoms with van der Waals surface area (Å²) in [4.78, 5) is 26.4. The molecule has 3 rings (SSSR count). The van der Waals surface area contributed by atoms with Gasteiger partial charge in [0.1, 0.15) is 0 Å². The second-order valence-corrected chi connectivity index (χ2v) is 6.07. The van der Waals surface area contributed by atoms with Crippen LogP contribution in [0.5, 0.6) is 11.5 Å². The van der Waals surface area contributed by atoms with Gasteiger partial charge in [0.05, 0.1) is 19.8 Å². The maximum Gasteiger partial charge on any atom is 0.296 e. The van der Waals surface area contributed by atoms with Crippen molar-refractivity contribution in [3.63, 3.8) is 0 Å². The van der Waals surface area contributed by atoms with Crippen molar-refractivity contribution in [3.05, 3.63) is 29.5 Å². The summed E-state index contributed by atoms with van der Waals surface area (Å²) in [7, 11) is 3.01. The third-order valence-electron chi connectivity index (χ3n) is 4.70.